The average molecular weight is 319 g/mol. The molecule has 2 aromatic rings. The molecule has 0 bridgehead atoms. The molecule has 2 rings (SSSR count). The van der Waals surface area contributed by atoms with Crippen LogP contribution in [-0.4, -0.2) is 24.1 Å². The Morgan fingerprint density at radius 1 is 1.18 bits per heavy atom. The summed E-state index contributed by atoms with van der Waals surface area (Å²) in [7, 11) is 1.34. The zero-order valence-electron chi connectivity index (χ0n) is 12.6. The Balaban J connectivity index is 1.98. The van der Waals surface area contributed by atoms with Gasteiger partial charge in [0, 0.05) is 10.6 Å². The highest BCUT2D eigenvalue weighted by atomic mass is 32.1. The minimum atomic E-state index is -0.373. The molecule has 1 aromatic carbocycles. The number of benzene rings is 1. The number of amides is 2. The Morgan fingerprint density at radius 3 is 2.50 bits per heavy atom. The molecule has 22 heavy (non-hydrogen) atoms. The van der Waals surface area contributed by atoms with E-state index >= 15 is 0 Å². The topological polar surface area (TPSA) is 80.3 Å². The molecule has 0 saturated carbocycles. The van der Waals surface area contributed by atoms with E-state index in [2.05, 4.69) is 20.4 Å². The number of carbonyl (C=O) groups excluding carboxylic acids is 2. The number of hydrogen-bond donors (Lipinski definition) is 2. The summed E-state index contributed by atoms with van der Waals surface area (Å²) >= 11 is 1.26. The fourth-order valence-corrected chi connectivity index (χ4v) is 2.69. The molecule has 6 nitrogen and oxygen atoms in total. The number of methoxy groups -OCH3 is 1. The van der Waals surface area contributed by atoms with Gasteiger partial charge in [-0.3, -0.25) is 10.1 Å². The van der Waals surface area contributed by atoms with Gasteiger partial charge in [-0.15, -0.1) is 11.3 Å². The number of urea groups is 1. The molecule has 0 fully saturated rings. The van der Waals surface area contributed by atoms with E-state index in [0.717, 1.165) is 10.4 Å². The fourth-order valence-electron chi connectivity index (χ4n) is 1.75. The molecule has 7 heteroatoms. The first kappa shape index (κ1) is 16.0. The second-order valence-corrected chi connectivity index (χ2v) is 5.81. The van der Waals surface area contributed by atoms with Crippen LogP contribution in [0.25, 0.3) is 0 Å². The highest BCUT2D eigenvalue weighted by molar-refractivity contribution is 7.16. The van der Waals surface area contributed by atoms with Crippen LogP contribution in [0.2, 0.25) is 0 Å². The summed E-state index contributed by atoms with van der Waals surface area (Å²) in [5, 5.41) is 5.83. The van der Waals surface area contributed by atoms with Gasteiger partial charge in [-0.05, 0) is 26.0 Å². The Morgan fingerprint density at radius 2 is 1.86 bits per heavy atom. The van der Waals surface area contributed by atoms with Crippen molar-refractivity contribution >= 4 is 34.2 Å². The van der Waals surface area contributed by atoms with Gasteiger partial charge in [0.15, 0.2) is 5.13 Å². The van der Waals surface area contributed by atoms with Crippen molar-refractivity contribution in [3.05, 3.63) is 40.4 Å². The van der Waals surface area contributed by atoms with E-state index < -0.39 is 0 Å². The van der Waals surface area contributed by atoms with Gasteiger partial charge in [-0.2, -0.15) is 0 Å². The van der Waals surface area contributed by atoms with Crippen molar-refractivity contribution in [2.75, 3.05) is 17.7 Å². The summed E-state index contributed by atoms with van der Waals surface area (Å²) in [5.41, 5.74) is 2.53. The average Bonchev–Trinajstić information content (AvgIpc) is 2.80. The molecular formula is C15H17N3O3S. The third kappa shape index (κ3) is 4.29. The second-order valence-electron chi connectivity index (χ2n) is 4.73. The molecule has 0 atom stereocenters. The summed E-state index contributed by atoms with van der Waals surface area (Å²) in [4.78, 5) is 28.2. The van der Waals surface area contributed by atoms with Crippen molar-refractivity contribution in [1.29, 1.82) is 0 Å². The van der Waals surface area contributed by atoms with Crippen molar-refractivity contribution in [3.8, 4) is 0 Å². The van der Waals surface area contributed by atoms with Gasteiger partial charge in [-0.1, -0.05) is 17.7 Å². The SMILES string of the molecule is COC(=O)Cc1sc(NC(=O)Nc2ccc(C)cc2)nc1C. The quantitative estimate of drug-likeness (QED) is 0.849. The monoisotopic (exact) mass is 319 g/mol. The predicted octanol–water partition coefficient (Wildman–Crippen LogP) is 3.12. The van der Waals surface area contributed by atoms with Crippen LogP contribution in [0, 0.1) is 13.8 Å². The van der Waals surface area contributed by atoms with E-state index in [9.17, 15) is 9.59 Å². The summed E-state index contributed by atoms with van der Waals surface area (Å²) in [6.07, 6.45) is 0.154. The van der Waals surface area contributed by atoms with Gasteiger partial charge in [0.25, 0.3) is 0 Å². The van der Waals surface area contributed by atoms with Crippen LogP contribution in [0.4, 0.5) is 15.6 Å². The number of aromatic nitrogens is 1. The van der Waals surface area contributed by atoms with Crippen LogP contribution in [0.5, 0.6) is 0 Å². The molecule has 0 radical (unpaired) electrons. The first-order valence-corrected chi connectivity index (χ1v) is 7.47. The number of anilines is 2. The van der Waals surface area contributed by atoms with Crippen molar-refractivity contribution in [2.45, 2.75) is 20.3 Å². The molecule has 1 aromatic heterocycles. The summed E-state index contributed by atoms with van der Waals surface area (Å²) in [5.74, 6) is -0.331. The number of nitrogens with one attached hydrogen (secondary N) is 2. The van der Waals surface area contributed by atoms with Crippen LogP contribution in [0.1, 0.15) is 16.1 Å². The van der Waals surface area contributed by atoms with E-state index in [1.165, 1.54) is 18.4 Å². The van der Waals surface area contributed by atoms with Crippen molar-refractivity contribution in [2.24, 2.45) is 0 Å². The molecule has 1 heterocycles. The molecule has 2 amide bonds. The van der Waals surface area contributed by atoms with Gasteiger partial charge in [0.05, 0.1) is 19.2 Å². The first-order chi connectivity index (χ1) is 10.5. The summed E-state index contributed by atoms with van der Waals surface area (Å²) in [6.45, 7) is 3.77. The van der Waals surface area contributed by atoms with E-state index in [1.807, 2.05) is 31.2 Å². The van der Waals surface area contributed by atoms with Crippen molar-refractivity contribution in [3.63, 3.8) is 0 Å². The van der Waals surface area contributed by atoms with Crippen LogP contribution >= 0.6 is 11.3 Å². The maximum Gasteiger partial charge on any atom is 0.325 e. The Kier molecular flexibility index (Phi) is 5.11. The van der Waals surface area contributed by atoms with Crippen molar-refractivity contribution < 1.29 is 14.3 Å². The molecule has 116 valence electrons. The second kappa shape index (κ2) is 7.04. The van der Waals surface area contributed by atoms with E-state index in [0.29, 0.717) is 16.5 Å². The van der Waals surface area contributed by atoms with E-state index in [4.69, 9.17) is 0 Å². The third-order valence-electron chi connectivity index (χ3n) is 2.96. The van der Waals surface area contributed by atoms with E-state index in [1.54, 1.807) is 6.92 Å². The van der Waals surface area contributed by atoms with Crippen LogP contribution in [-0.2, 0) is 16.0 Å². The normalized spacial score (nSPS) is 10.1. The molecule has 0 aliphatic rings. The number of nitrogens with zero attached hydrogens (tertiary/aromatic N) is 1. The van der Waals surface area contributed by atoms with Crippen LogP contribution in [0.15, 0.2) is 24.3 Å². The number of ether oxygens (including phenoxy) is 1. The molecule has 0 aliphatic heterocycles. The Bertz CT molecular complexity index is 680. The van der Waals surface area contributed by atoms with Gasteiger partial charge in [-0.25, -0.2) is 9.78 Å². The molecule has 0 aliphatic carbocycles. The number of hydrogen-bond acceptors (Lipinski definition) is 5. The highest BCUT2D eigenvalue weighted by Gasteiger charge is 2.13. The number of thiazole rings is 1. The minimum Gasteiger partial charge on any atom is -0.469 e. The van der Waals surface area contributed by atoms with Crippen molar-refractivity contribution in [1.82, 2.24) is 4.98 Å². The lowest BCUT2D eigenvalue weighted by atomic mass is 10.2. The molecule has 0 spiro atoms. The maximum absolute atomic E-state index is 11.9. The van der Waals surface area contributed by atoms with Gasteiger partial charge in [0.1, 0.15) is 0 Å². The largest absolute Gasteiger partial charge is 0.469 e. The number of esters is 1. The lowest BCUT2D eigenvalue weighted by molar-refractivity contribution is -0.139. The Labute approximate surface area is 132 Å². The van der Waals surface area contributed by atoms with Crippen LogP contribution < -0.4 is 10.6 Å². The van der Waals surface area contributed by atoms with Gasteiger partial charge in [0.2, 0.25) is 0 Å². The maximum atomic E-state index is 11.9. The zero-order chi connectivity index (χ0) is 16.1. The Hall–Kier alpha value is -2.41. The molecular weight excluding hydrogens is 302 g/mol. The summed E-state index contributed by atoms with van der Waals surface area (Å²) in [6, 6.07) is 7.10. The standard InChI is InChI=1S/C15H17N3O3S/c1-9-4-6-11(7-5-9)17-14(20)18-15-16-10(2)12(22-15)8-13(19)21-3/h4-7H,8H2,1-3H3,(H2,16,17,18,20). The number of aryl methyl sites for hydroxylation is 2. The third-order valence-corrected chi connectivity index (χ3v) is 4.03. The minimum absolute atomic E-state index is 0.154. The fraction of sp³-hybridized carbons (Fsp3) is 0.267. The molecule has 2 N–H and O–H groups in total. The zero-order valence-corrected chi connectivity index (χ0v) is 13.4. The van der Waals surface area contributed by atoms with Gasteiger partial charge >= 0.3 is 12.0 Å². The number of rotatable bonds is 4. The van der Waals surface area contributed by atoms with Gasteiger partial charge < -0.3 is 10.1 Å². The summed E-state index contributed by atoms with van der Waals surface area (Å²) < 4.78 is 4.63. The molecule has 0 unspecified atom stereocenters. The highest BCUT2D eigenvalue weighted by Crippen LogP contribution is 2.23. The first-order valence-electron chi connectivity index (χ1n) is 6.65. The lowest BCUT2D eigenvalue weighted by Crippen LogP contribution is -2.19. The van der Waals surface area contributed by atoms with E-state index in [-0.39, 0.29) is 18.4 Å². The predicted molar refractivity (Wildman–Crippen MR) is 86.4 cm³/mol. The molecule has 0 saturated heterocycles. The lowest BCUT2D eigenvalue weighted by Gasteiger charge is -2.05. The smallest absolute Gasteiger partial charge is 0.325 e. The number of carbonyl (C=O) groups is 2. The van der Waals surface area contributed by atoms with Crippen LogP contribution in [0.3, 0.4) is 0 Å².